The fraction of sp³-hybridized carbons (Fsp3) is 0.667. The van der Waals surface area contributed by atoms with E-state index in [1.54, 1.807) is 0 Å². The maximum atomic E-state index is 8.43. The average molecular weight is 210 g/mol. The van der Waals surface area contributed by atoms with E-state index in [9.17, 15) is 0 Å². The molecule has 0 saturated carbocycles. The molecule has 0 amide bonds. The minimum Gasteiger partial charge on any atom is -0.262 e. The molecule has 1 aromatic heterocycles. The van der Waals surface area contributed by atoms with Gasteiger partial charge < -0.3 is 0 Å². The predicted molar refractivity (Wildman–Crippen MR) is 56.7 cm³/mol. The Morgan fingerprint density at radius 3 is 3.00 bits per heavy atom. The van der Waals surface area contributed by atoms with Crippen molar-refractivity contribution in [3.8, 4) is 6.07 Å². The highest BCUT2D eigenvalue weighted by Gasteiger charge is 2.02. The Hall–Kier alpha value is -1.02. The second kappa shape index (κ2) is 5.66. The van der Waals surface area contributed by atoms with Crippen LogP contribution in [-0.4, -0.2) is 20.9 Å². The molecule has 0 aliphatic carbocycles. The molecule has 1 rings (SSSR count). The number of hydrogen-bond donors (Lipinski definition) is 1. The minimum atomic E-state index is 0.283. The summed E-state index contributed by atoms with van der Waals surface area (Å²) in [5.41, 5.74) is 0. The van der Waals surface area contributed by atoms with Crippen molar-refractivity contribution in [1.82, 2.24) is 15.2 Å². The fourth-order valence-electron chi connectivity index (χ4n) is 0.940. The summed E-state index contributed by atoms with van der Waals surface area (Å²) in [6, 6.07) is 2.02. The van der Waals surface area contributed by atoms with Crippen molar-refractivity contribution in [2.75, 3.05) is 5.75 Å². The molecule has 0 aliphatic heterocycles. The number of H-pyrrole nitrogens is 1. The Bertz CT molecular complexity index is 313. The minimum absolute atomic E-state index is 0.283. The molecule has 0 unspecified atom stereocenters. The zero-order valence-electron chi connectivity index (χ0n) is 8.45. The van der Waals surface area contributed by atoms with Gasteiger partial charge in [-0.3, -0.25) is 5.10 Å². The molecular formula is C9H14N4S. The van der Waals surface area contributed by atoms with Crippen molar-refractivity contribution in [2.24, 2.45) is 5.92 Å². The van der Waals surface area contributed by atoms with Gasteiger partial charge in [-0.1, -0.05) is 13.8 Å². The maximum Gasteiger partial charge on any atom is 0.164 e. The Morgan fingerprint density at radius 1 is 1.57 bits per heavy atom. The van der Waals surface area contributed by atoms with E-state index in [0.29, 0.717) is 11.7 Å². The molecule has 5 heteroatoms. The Labute approximate surface area is 88.1 Å². The lowest BCUT2D eigenvalue weighted by molar-refractivity contribution is 0.750. The number of aromatic nitrogens is 3. The number of nitrogens with zero attached hydrogens (tertiary/aromatic N) is 3. The van der Waals surface area contributed by atoms with Crippen LogP contribution in [0.1, 0.15) is 25.5 Å². The van der Waals surface area contributed by atoms with Crippen LogP contribution in [-0.2, 0) is 12.2 Å². The molecule has 1 heterocycles. The summed E-state index contributed by atoms with van der Waals surface area (Å²) in [4.78, 5) is 4.19. The van der Waals surface area contributed by atoms with E-state index < -0.39 is 0 Å². The van der Waals surface area contributed by atoms with Gasteiger partial charge in [0, 0.05) is 0 Å². The first kappa shape index (κ1) is 11.1. The standard InChI is InChI=1S/C9H14N4S/c1-7(2)5-14-6-9-11-8(3-4-10)12-13-9/h7H,3,5-6H2,1-2H3,(H,11,12,13). The summed E-state index contributed by atoms with van der Waals surface area (Å²) in [6.45, 7) is 4.38. The van der Waals surface area contributed by atoms with Gasteiger partial charge >= 0.3 is 0 Å². The van der Waals surface area contributed by atoms with Crippen LogP contribution in [0, 0.1) is 17.2 Å². The normalized spacial score (nSPS) is 10.4. The molecular weight excluding hydrogens is 196 g/mol. The highest BCUT2D eigenvalue weighted by molar-refractivity contribution is 7.98. The fourth-order valence-corrected chi connectivity index (χ4v) is 1.85. The van der Waals surface area contributed by atoms with Gasteiger partial charge in [-0.15, -0.1) is 0 Å². The van der Waals surface area contributed by atoms with Crippen molar-refractivity contribution >= 4 is 11.8 Å². The molecule has 0 spiro atoms. The molecule has 0 radical (unpaired) electrons. The zero-order chi connectivity index (χ0) is 10.4. The van der Waals surface area contributed by atoms with E-state index in [1.807, 2.05) is 17.8 Å². The van der Waals surface area contributed by atoms with Crippen molar-refractivity contribution < 1.29 is 0 Å². The van der Waals surface area contributed by atoms with Crippen molar-refractivity contribution in [2.45, 2.75) is 26.0 Å². The van der Waals surface area contributed by atoms with E-state index in [0.717, 1.165) is 17.3 Å². The number of thioether (sulfide) groups is 1. The molecule has 1 N–H and O–H groups in total. The van der Waals surface area contributed by atoms with E-state index in [4.69, 9.17) is 5.26 Å². The first-order valence-corrected chi connectivity index (χ1v) is 5.72. The van der Waals surface area contributed by atoms with Crippen molar-refractivity contribution in [3.05, 3.63) is 11.6 Å². The third kappa shape index (κ3) is 3.79. The lowest BCUT2D eigenvalue weighted by atomic mass is 10.3. The molecule has 14 heavy (non-hydrogen) atoms. The van der Waals surface area contributed by atoms with E-state index in [2.05, 4.69) is 29.0 Å². The largest absolute Gasteiger partial charge is 0.262 e. The van der Waals surface area contributed by atoms with Crippen LogP contribution < -0.4 is 0 Å². The summed E-state index contributed by atoms with van der Waals surface area (Å²) >= 11 is 1.83. The first-order chi connectivity index (χ1) is 6.72. The number of nitriles is 1. The molecule has 0 bridgehead atoms. The second-order valence-corrected chi connectivity index (χ2v) is 4.47. The quantitative estimate of drug-likeness (QED) is 0.804. The highest BCUT2D eigenvalue weighted by Crippen LogP contribution is 2.12. The van der Waals surface area contributed by atoms with Crippen LogP contribution in [0.4, 0.5) is 0 Å². The zero-order valence-corrected chi connectivity index (χ0v) is 9.27. The number of hydrogen-bond acceptors (Lipinski definition) is 4. The van der Waals surface area contributed by atoms with Gasteiger partial charge in [-0.05, 0) is 11.7 Å². The molecule has 0 saturated heterocycles. The highest BCUT2D eigenvalue weighted by atomic mass is 32.2. The molecule has 0 aromatic carbocycles. The lowest BCUT2D eigenvalue weighted by Gasteiger charge is -2.01. The number of rotatable bonds is 5. The third-order valence-corrected chi connectivity index (χ3v) is 2.89. The Morgan fingerprint density at radius 2 is 2.36 bits per heavy atom. The van der Waals surface area contributed by atoms with Gasteiger partial charge in [0.1, 0.15) is 5.82 Å². The summed E-state index contributed by atoms with van der Waals surface area (Å²) in [5, 5.41) is 15.2. The summed E-state index contributed by atoms with van der Waals surface area (Å²) in [6.07, 6.45) is 0.283. The molecule has 1 aromatic rings. The first-order valence-electron chi connectivity index (χ1n) is 4.57. The lowest BCUT2D eigenvalue weighted by Crippen LogP contribution is -1.92. The molecule has 0 fully saturated rings. The van der Waals surface area contributed by atoms with Crippen molar-refractivity contribution in [1.29, 1.82) is 5.26 Å². The van der Waals surface area contributed by atoms with Crippen LogP contribution >= 0.6 is 11.8 Å². The molecule has 0 aliphatic rings. The maximum absolute atomic E-state index is 8.43. The van der Waals surface area contributed by atoms with Gasteiger partial charge in [-0.2, -0.15) is 22.1 Å². The third-order valence-electron chi connectivity index (χ3n) is 1.51. The monoisotopic (exact) mass is 210 g/mol. The van der Waals surface area contributed by atoms with Gasteiger partial charge in [0.25, 0.3) is 0 Å². The Balaban J connectivity index is 2.33. The summed E-state index contributed by atoms with van der Waals surface area (Å²) in [5.74, 6) is 4.11. The summed E-state index contributed by atoms with van der Waals surface area (Å²) in [7, 11) is 0. The average Bonchev–Trinajstić information content (AvgIpc) is 2.53. The van der Waals surface area contributed by atoms with Crippen molar-refractivity contribution in [3.63, 3.8) is 0 Å². The second-order valence-electron chi connectivity index (χ2n) is 3.44. The topological polar surface area (TPSA) is 65.4 Å². The van der Waals surface area contributed by atoms with Crippen LogP contribution in [0.15, 0.2) is 0 Å². The van der Waals surface area contributed by atoms with Gasteiger partial charge in [-0.25, -0.2) is 4.98 Å². The van der Waals surface area contributed by atoms with Crippen LogP contribution in [0.5, 0.6) is 0 Å². The van der Waals surface area contributed by atoms with Gasteiger partial charge in [0.15, 0.2) is 5.82 Å². The smallest absolute Gasteiger partial charge is 0.164 e. The predicted octanol–water partition coefficient (Wildman–Crippen LogP) is 1.76. The SMILES string of the molecule is CC(C)CSCc1nc(CC#N)n[nH]1. The van der Waals surface area contributed by atoms with Crippen LogP contribution in [0.25, 0.3) is 0 Å². The molecule has 4 nitrogen and oxygen atoms in total. The van der Waals surface area contributed by atoms with E-state index in [-0.39, 0.29) is 6.42 Å². The van der Waals surface area contributed by atoms with E-state index >= 15 is 0 Å². The molecule has 76 valence electrons. The Kier molecular flexibility index (Phi) is 4.47. The number of nitrogens with one attached hydrogen (secondary N) is 1. The van der Waals surface area contributed by atoms with E-state index in [1.165, 1.54) is 0 Å². The van der Waals surface area contributed by atoms with Crippen LogP contribution in [0.3, 0.4) is 0 Å². The molecule has 0 atom stereocenters. The van der Waals surface area contributed by atoms with Gasteiger partial charge in [0.2, 0.25) is 0 Å². The number of aromatic amines is 1. The van der Waals surface area contributed by atoms with Gasteiger partial charge in [0.05, 0.1) is 18.2 Å². The summed E-state index contributed by atoms with van der Waals surface area (Å²) < 4.78 is 0. The van der Waals surface area contributed by atoms with Crippen LogP contribution in [0.2, 0.25) is 0 Å².